The summed E-state index contributed by atoms with van der Waals surface area (Å²) in [4.78, 5) is 16.1. The molecule has 0 aliphatic carbocycles. The van der Waals surface area contributed by atoms with E-state index in [1.165, 1.54) is 31.0 Å². The number of benzene rings is 1. The Bertz CT molecular complexity index is 634. The van der Waals surface area contributed by atoms with E-state index in [-0.39, 0.29) is 11.7 Å². The molecule has 0 saturated heterocycles. The summed E-state index contributed by atoms with van der Waals surface area (Å²) in [6.45, 7) is 4.13. The van der Waals surface area contributed by atoms with Crippen molar-refractivity contribution in [2.45, 2.75) is 51.2 Å². The molecule has 1 aromatic heterocycles. The van der Waals surface area contributed by atoms with Crippen molar-refractivity contribution in [1.29, 1.82) is 0 Å². The minimum atomic E-state index is -0.148. The molecule has 124 valence electrons. The highest BCUT2D eigenvalue weighted by Gasteiger charge is 2.08. The van der Waals surface area contributed by atoms with Crippen LogP contribution >= 0.6 is 11.8 Å². The first kappa shape index (κ1) is 17.5. The maximum absolute atomic E-state index is 11.8. The van der Waals surface area contributed by atoms with Crippen LogP contribution in [0.2, 0.25) is 0 Å². The van der Waals surface area contributed by atoms with Crippen LogP contribution in [0.1, 0.15) is 46.0 Å². The summed E-state index contributed by atoms with van der Waals surface area (Å²) in [5, 5.41) is 4.63. The number of amides is 1. The first-order chi connectivity index (χ1) is 11.2. The van der Waals surface area contributed by atoms with Gasteiger partial charge in [0, 0.05) is 5.71 Å². The lowest BCUT2D eigenvalue weighted by Gasteiger charge is -2.02. The van der Waals surface area contributed by atoms with Gasteiger partial charge in [0.2, 0.25) is 0 Å². The third kappa shape index (κ3) is 6.06. The Kier molecular flexibility index (Phi) is 7.13. The minimum Gasteiger partial charge on any atom is -0.431 e. The molecule has 0 radical (unpaired) electrons. The third-order valence-electron chi connectivity index (χ3n) is 3.36. The van der Waals surface area contributed by atoms with E-state index in [0.29, 0.717) is 5.22 Å². The number of nitrogens with zero attached hydrogens (tertiary/aromatic N) is 2. The van der Waals surface area contributed by atoms with Gasteiger partial charge < -0.3 is 4.42 Å². The number of thioether (sulfide) groups is 1. The lowest BCUT2D eigenvalue weighted by Crippen LogP contribution is -2.20. The van der Waals surface area contributed by atoms with Crippen molar-refractivity contribution in [2.24, 2.45) is 5.10 Å². The summed E-state index contributed by atoms with van der Waals surface area (Å²) in [5.41, 5.74) is 5.08. The van der Waals surface area contributed by atoms with E-state index in [2.05, 4.69) is 22.4 Å². The summed E-state index contributed by atoms with van der Waals surface area (Å²) in [6.07, 6.45) is 5.74. The van der Waals surface area contributed by atoms with Crippen LogP contribution in [0.4, 0.5) is 0 Å². The molecule has 2 aromatic rings. The number of unbranched alkanes of at least 4 members (excludes halogenated alkanes) is 3. The summed E-state index contributed by atoms with van der Waals surface area (Å²) < 4.78 is 5.56. The van der Waals surface area contributed by atoms with Crippen LogP contribution in [0.5, 0.6) is 0 Å². The number of hydrogen-bond acceptors (Lipinski definition) is 5. The second kappa shape index (κ2) is 9.35. The SMILES string of the molecule is CCCCCCC(C)=NNC(=O)CSc1nc2ccccc2o1. The number of para-hydroxylation sites is 2. The summed E-state index contributed by atoms with van der Waals surface area (Å²) in [6, 6.07) is 7.55. The molecule has 0 saturated carbocycles. The second-order valence-electron chi connectivity index (χ2n) is 5.43. The highest BCUT2D eigenvalue weighted by Crippen LogP contribution is 2.22. The van der Waals surface area contributed by atoms with E-state index in [1.807, 2.05) is 31.2 Å². The van der Waals surface area contributed by atoms with Crippen LogP contribution in [0, 0.1) is 0 Å². The molecule has 2 rings (SSSR count). The average Bonchev–Trinajstić information content (AvgIpc) is 2.98. The Balaban J connectivity index is 1.72. The molecule has 6 heteroatoms. The number of rotatable bonds is 9. The van der Waals surface area contributed by atoms with Crippen molar-refractivity contribution >= 4 is 34.5 Å². The largest absolute Gasteiger partial charge is 0.431 e. The van der Waals surface area contributed by atoms with E-state index in [0.717, 1.165) is 29.7 Å². The molecule has 1 N–H and O–H groups in total. The van der Waals surface area contributed by atoms with Crippen molar-refractivity contribution in [1.82, 2.24) is 10.4 Å². The van der Waals surface area contributed by atoms with Crippen molar-refractivity contribution in [3.05, 3.63) is 24.3 Å². The standard InChI is InChI=1S/C17H23N3O2S/c1-3-4-5-6-9-13(2)19-20-16(21)12-23-17-18-14-10-7-8-11-15(14)22-17/h7-8,10-11H,3-6,9,12H2,1-2H3,(H,20,21). The number of hydrazone groups is 1. The quantitative estimate of drug-likeness (QED) is 0.320. The number of nitrogens with one attached hydrogen (secondary N) is 1. The number of aromatic nitrogens is 1. The fraction of sp³-hybridized carbons (Fsp3) is 0.471. The Morgan fingerprint density at radius 3 is 2.91 bits per heavy atom. The minimum absolute atomic E-state index is 0.148. The molecule has 0 bridgehead atoms. The van der Waals surface area contributed by atoms with Crippen molar-refractivity contribution < 1.29 is 9.21 Å². The number of oxazole rings is 1. The van der Waals surface area contributed by atoms with Crippen LogP contribution in [0.15, 0.2) is 39.0 Å². The summed E-state index contributed by atoms with van der Waals surface area (Å²) in [7, 11) is 0. The third-order valence-corrected chi connectivity index (χ3v) is 4.19. The average molecular weight is 333 g/mol. The van der Waals surface area contributed by atoms with Crippen molar-refractivity contribution in [3.63, 3.8) is 0 Å². The van der Waals surface area contributed by atoms with E-state index < -0.39 is 0 Å². The fourth-order valence-electron chi connectivity index (χ4n) is 2.09. The Morgan fingerprint density at radius 2 is 2.13 bits per heavy atom. The van der Waals surface area contributed by atoms with Gasteiger partial charge in [0.25, 0.3) is 11.1 Å². The van der Waals surface area contributed by atoms with E-state index in [1.54, 1.807) is 0 Å². The van der Waals surface area contributed by atoms with Crippen LogP contribution in [-0.2, 0) is 4.79 Å². The molecule has 0 spiro atoms. The van der Waals surface area contributed by atoms with Gasteiger partial charge in [-0.05, 0) is 31.9 Å². The van der Waals surface area contributed by atoms with Gasteiger partial charge in [-0.1, -0.05) is 50.1 Å². The fourth-order valence-corrected chi connectivity index (χ4v) is 2.72. The zero-order chi connectivity index (χ0) is 16.5. The van der Waals surface area contributed by atoms with Gasteiger partial charge in [-0.2, -0.15) is 5.10 Å². The molecule has 0 atom stereocenters. The van der Waals surface area contributed by atoms with Crippen molar-refractivity contribution in [2.75, 3.05) is 5.75 Å². The molecule has 0 aliphatic heterocycles. The van der Waals surface area contributed by atoms with Crippen molar-refractivity contribution in [3.8, 4) is 0 Å². The lowest BCUT2D eigenvalue weighted by molar-refractivity contribution is -0.118. The molecule has 23 heavy (non-hydrogen) atoms. The summed E-state index contributed by atoms with van der Waals surface area (Å²) in [5.74, 6) is 0.0876. The highest BCUT2D eigenvalue weighted by atomic mass is 32.2. The molecular weight excluding hydrogens is 310 g/mol. The van der Waals surface area contributed by atoms with Gasteiger partial charge in [0.15, 0.2) is 5.58 Å². The Hall–Kier alpha value is -1.82. The van der Waals surface area contributed by atoms with Crippen LogP contribution in [-0.4, -0.2) is 22.4 Å². The molecule has 1 amide bonds. The Morgan fingerprint density at radius 1 is 1.30 bits per heavy atom. The van der Waals surface area contributed by atoms with Gasteiger partial charge in [-0.15, -0.1) is 0 Å². The monoisotopic (exact) mass is 333 g/mol. The molecule has 0 fully saturated rings. The molecule has 1 heterocycles. The zero-order valence-corrected chi connectivity index (χ0v) is 14.5. The number of hydrogen-bond donors (Lipinski definition) is 1. The van der Waals surface area contributed by atoms with Crippen LogP contribution < -0.4 is 5.43 Å². The summed E-state index contributed by atoms with van der Waals surface area (Å²) >= 11 is 1.27. The molecule has 0 unspecified atom stereocenters. The highest BCUT2D eigenvalue weighted by molar-refractivity contribution is 7.99. The Labute approximate surface area is 140 Å². The first-order valence-corrected chi connectivity index (χ1v) is 8.98. The first-order valence-electron chi connectivity index (χ1n) is 7.99. The maximum atomic E-state index is 11.8. The number of carbonyl (C=O) groups is 1. The van der Waals surface area contributed by atoms with Crippen LogP contribution in [0.3, 0.4) is 0 Å². The second-order valence-corrected chi connectivity index (χ2v) is 6.36. The van der Waals surface area contributed by atoms with Gasteiger partial charge in [0.05, 0.1) is 5.75 Å². The predicted molar refractivity (Wildman–Crippen MR) is 94.7 cm³/mol. The smallest absolute Gasteiger partial charge is 0.257 e. The molecule has 0 aliphatic rings. The van der Waals surface area contributed by atoms with E-state index in [4.69, 9.17) is 4.42 Å². The van der Waals surface area contributed by atoms with Gasteiger partial charge in [-0.25, -0.2) is 10.4 Å². The predicted octanol–water partition coefficient (Wildman–Crippen LogP) is 4.38. The van der Waals surface area contributed by atoms with E-state index in [9.17, 15) is 4.79 Å². The number of carbonyl (C=O) groups excluding carboxylic acids is 1. The van der Waals surface area contributed by atoms with Crippen LogP contribution in [0.25, 0.3) is 11.1 Å². The van der Waals surface area contributed by atoms with Gasteiger partial charge in [-0.3, -0.25) is 4.79 Å². The molecule has 1 aromatic carbocycles. The molecule has 5 nitrogen and oxygen atoms in total. The number of fused-ring (bicyclic) bond motifs is 1. The topological polar surface area (TPSA) is 67.5 Å². The maximum Gasteiger partial charge on any atom is 0.257 e. The van der Waals surface area contributed by atoms with Gasteiger partial charge in [0.1, 0.15) is 5.52 Å². The zero-order valence-electron chi connectivity index (χ0n) is 13.7. The lowest BCUT2D eigenvalue weighted by atomic mass is 10.1. The van der Waals surface area contributed by atoms with E-state index >= 15 is 0 Å². The molecular formula is C17H23N3O2S. The normalized spacial score (nSPS) is 11.8. The van der Waals surface area contributed by atoms with Gasteiger partial charge >= 0.3 is 0 Å².